The Labute approximate surface area is 185 Å². The molecular weight excluding hydrogens is 391 g/mol. The summed E-state index contributed by atoms with van der Waals surface area (Å²) in [6, 6.07) is 10.2. The molecule has 3 saturated carbocycles. The van der Waals surface area contributed by atoms with Crippen LogP contribution >= 0.6 is 0 Å². The number of carbonyl (C=O) groups is 1. The molecule has 0 radical (unpaired) electrons. The molecule has 2 heterocycles. The van der Waals surface area contributed by atoms with Crippen molar-refractivity contribution in [3.8, 4) is 0 Å². The minimum Gasteiger partial charge on any atom is -0.445 e. The van der Waals surface area contributed by atoms with E-state index in [-0.39, 0.29) is 29.8 Å². The van der Waals surface area contributed by atoms with Crippen LogP contribution in [0, 0.1) is 17.3 Å². The van der Waals surface area contributed by atoms with Gasteiger partial charge in [0.15, 0.2) is 0 Å². The topological polar surface area (TPSA) is 68.8 Å². The van der Waals surface area contributed by atoms with Gasteiger partial charge in [0, 0.05) is 6.54 Å². The van der Waals surface area contributed by atoms with Gasteiger partial charge in [0.05, 0.1) is 17.6 Å². The van der Waals surface area contributed by atoms with Crippen molar-refractivity contribution in [1.82, 2.24) is 10.6 Å². The van der Waals surface area contributed by atoms with Crippen molar-refractivity contribution in [2.24, 2.45) is 17.3 Å². The van der Waals surface area contributed by atoms with Crippen LogP contribution in [0.4, 0.5) is 4.79 Å². The van der Waals surface area contributed by atoms with Crippen LogP contribution in [0.5, 0.6) is 0 Å². The lowest BCUT2D eigenvalue weighted by molar-refractivity contribution is -0.199. The van der Waals surface area contributed by atoms with Crippen LogP contribution in [0.1, 0.15) is 52.0 Å². The molecule has 2 saturated heterocycles. The van der Waals surface area contributed by atoms with Crippen LogP contribution < -0.4 is 10.6 Å². The lowest BCUT2D eigenvalue weighted by Gasteiger charge is -2.64. The smallest absolute Gasteiger partial charge is 0.445 e. The highest BCUT2D eigenvalue weighted by Crippen LogP contribution is 2.65. The fourth-order valence-electron chi connectivity index (χ4n) is 6.41. The Bertz CT molecular complexity index is 800. The Balaban J connectivity index is 1.30. The average Bonchev–Trinajstić information content (AvgIpc) is 3.12. The highest BCUT2D eigenvalue weighted by molar-refractivity contribution is 6.47. The van der Waals surface area contributed by atoms with Gasteiger partial charge in [-0.3, -0.25) is 0 Å². The summed E-state index contributed by atoms with van der Waals surface area (Å²) in [4.78, 5) is 12.8. The number of hydrogen-bond acceptors (Lipinski definition) is 5. The number of benzene rings is 1. The summed E-state index contributed by atoms with van der Waals surface area (Å²) in [5, 5.41) is 6.38. The lowest BCUT2D eigenvalue weighted by atomic mass is 9.43. The SMILES string of the molecule is CC1(C)C2CC1[C@]1(C)OB(C(Cc3ccccc3)NC(=O)O[C@@H]3CCCNC3)O[C@@H]1C2. The third-order valence-electron chi connectivity index (χ3n) is 8.42. The molecule has 0 aromatic heterocycles. The molecule has 2 aliphatic heterocycles. The third-order valence-corrected chi connectivity index (χ3v) is 8.42. The number of alkyl carbamates (subject to hydrolysis) is 1. The molecule has 0 spiro atoms. The van der Waals surface area contributed by atoms with E-state index in [0.29, 0.717) is 30.2 Å². The van der Waals surface area contributed by atoms with Crippen LogP contribution in [-0.2, 0) is 20.5 Å². The average molecular weight is 426 g/mol. The van der Waals surface area contributed by atoms with E-state index in [2.05, 4.69) is 43.5 Å². The molecule has 6 atom stereocenters. The molecule has 1 aromatic rings. The number of carbonyl (C=O) groups excluding carboxylic acids is 1. The number of amides is 1. The van der Waals surface area contributed by atoms with Crippen molar-refractivity contribution in [1.29, 1.82) is 0 Å². The second kappa shape index (κ2) is 8.09. The minimum absolute atomic E-state index is 0.0790. The molecule has 1 aromatic carbocycles. The molecule has 6 nitrogen and oxygen atoms in total. The zero-order valence-corrected chi connectivity index (χ0v) is 18.9. The molecular formula is C24H35BN2O4. The fraction of sp³-hybridized carbons (Fsp3) is 0.708. The first-order chi connectivity index (χ1) is 14.9. The van der Waals surface area contributed by atoms with Gasteiger partial charge >= 0.3 is 13.2 Å². The van der Waals surface area contributed by atoms with Crippen LogP contribution in [0.3, 0.4) is 0 Å². The second-order valence-electron chi connectivity index (χ2n) is 10.7. The van der Waals surface area contributed by atoms with E-state index in [1.54, 1.807) is 0 Å². The zero-order valence-electron chi connectivity index (χ0n) is 18.9. The Kier molecular flexibility index (Phi) is 5.56. The zero-order chi connectivity index (χ0) is 21.6. The van der Waals surface area contributed by atoms with E-state index in [4.69, 9.17) is 14.0 Å². The first-order valence-electron chi connectivity index (χ1n) is 11.9. The van der Waals surface area contributed by atoms with Gasteiger partial charge in [0.2, 0.25) is 0 Å². The molecule has 6 rings (SSSR count). The summed E-state index contributed by atoms with van der Waals surface area (Å²) in [5.74, 6) is 0.891. The first-order valence-corrected chi connectivity index (χ1v) is 11.9. The maximum atomic E-state index is 12.8. The fourth-order valence-corrected chi connectivity index (χ4v) is 6.41. The summed E-state index contributed by atoms with van der Waals surface area (Å²) in [6.45, 7) is 8.63. The van der Waals surface area contributed by atoms with Crippen molar-refractivity contribution in [3.05, 3.63) is 35.9 Å². The van der Waals surface area contributed by atoms with Crippen LogP contribution in [-0.4, -0.2) is 50.1 Å². The van der Waals surface area contributed by atoms with Crippen LogP contribution in [0.2, 0.25) is 0 Å². The summed E-state index contributed by atoms with van der Waals surface area (Å²) < 4.78 is 18.8. The number of piperidine rings is 1. The number of ether oxygens (including phenoxy) is 1. The van der Waals surface area contributed by atoms with Gasteiger partial charge in [0.25, 0.3) is 0 Å². The Morgan fingerprint density at radius 2 is 2.10 bits per heavy atom. The molecule has 2 N–H and O–H groups in total. The van der Waals surface area contributed by atoms with Gasteiger partial charge in [-0.25, -0.2) is 4.79 Å². The molecule has 1 amide bonds. The van der Waals surface area contributed by atoms with Gasteiger partial charge in [0.1, 0.15) is 6.10 Å². The largest absolute Gasteiger partial charge is 0.482 e. The van der Waals surface area contributed by atoms with Crippen LogP contribution in [0.25, 0.3) is 0 Å². The quantitative estimate of drug-likeness (QED) is 0.707. The van der Waals surface area contributed by atoms with Crippen LogP contribution in [0.15, 0.2) is 30.3 Å². The Morgan fingerprint density at radius 1 is 1.29 bits per heavy atom. The number of hydrogen-bond donors (Lipinski definition) is 2. The van der Waals surface area contributed by atoms with E-state index < -0.39 is 7.12 Å². The predicted octanol–water partition coefficient (Wildman–Crippen LogP) is 3.34. The predicted molar refractivity (Wildman–Crippen MR) is 120 cm³/mol. The van der Waals surface area contributed by atoms with Gasteiger partial charge in [-0.15, -0.1) is 0 Å². The van der Waals surface area contributed by atoms with Gasteiger partial charge in [-0.2, -0.15) is 0 Å². The van der Waals surface area contributed by atoms with E-state index >= 15 is 0 Å². The highest BCUT2D eigenvalue weighted by Gasteiger charge is 2.68. The Morgan fingerprint density at radius 3 is 2.81 bits per heavy atom. The van der Waals surface area contributed by atoms with Crippen molar-refractivity contribution >= 4 is 13.2 Å². The van der Waals surface area contributed by atoms with Gasteiger partial charge in [-0.1, -0.05) is 44.2 Å². The van der Waals surface area contributed by atoms with Crippen molar-refractivity contribution in [2.45, 2.75) is 76.6 Å². The second-order valence-corrected chi connectivity index (χ2v) is 10.7. The maximum Gasteiger partial charge on any atom is 0.482 e. The molecule has 5 aliphatic rings. The molecule has 5 fully saturated rings. The molecule has 168 valence electrons. The van der Waals surface area contributed by atoms with E-state index in [0.717, 1.165) is 31.4 Å². The molecule has 7 heteroatoms. The summed E-state index contributed by atoms with van der Waals surface area (Å²) in [6.07, 6.45) is 4.45. The van der Waals surface area contributed by atoms with E-state index in [1.165, 1.54) is 6.42 Å². The van der Waals surface area contributed by atoms with Gasteiger partial charge in [-0.05, 0) is 68.4 Å². The standard InChI is InChI=1S/C24H35BN2O4/c1-23(2)17-13-19(23)24(3)20(14-17)30-25(31-24)21(12-16-8-5-4-6-9-16)27-22(28)29-18-10-7-11-26-15-18/h4-6,8-9,17-21,26H,7,10-15H2,1-3H3,(H,27,28)/t17?,18-,19?,20-,21?,24+/m1/s1. The van der Waals surface area contributed by atoms with Crippen molar-refractivity contribution in [2.75, 3.05) is 13.1 Å². The van der Waals surface area contributed by atoms with Gasteiger partial charge < -0.3 is 24.7 Å². The summed E-state index contributed by atoms with van der Waals surface area (Å²) >= 11 is 0. The van der Waals surface area contributed by atoms with E-state index in [1.807, 2.05) is 18.2 Å². The monoisotopic (exact) mass is 426 g/mol. The number of rotatable bonds is 5. The third kappa shape index (κ3) is 3.89. The normalized spacial score (nSPS) is 36.8. The lowest BCUT2D eigenvalue weighted by Crippen LogP contribution is -2.65. The molecule has 3 aliphatic carbocycles. The van der Waals surface area contributed by atoms with Crippen molar-refractivity contribution in [3.63, 3.8) is 0 Å². The minimum atomic E-state index is -0.470. The molecule has 3 unspecified atom stereocenters. The number of nitrogens with one attached hydrogen (secondary N) is 2. The Hall–Kier alpha value is -1.57. The highest BCUT2D eigenvalue weighted by atomic mass is 16.7. The van der Waals surface area contributed by atoms with Crippen molar-refractivity contribution < 1.29 is 18.8 Å². The molecule has 2 bridgehead atoms. The first kappa shape index (κ1) is 21.3. The molecule has 31 heavy (non-hydrogen) atoms. The summed E-state index contributed by atoms with van der Waals surface area (Å²) in [5.41, 5.74) is 1.14. The van der Waals surface area contributed by atoms with E-state index in [9.17, 15) is 4.79 Å². The maximum absolute atomic E-state index is 12.8. The summed E-state index contributed by atoms with van der Waals surface area (Å²) in [7, 11) is -0.470.